The summed E-state index contributed by atoms with van der Waals surface area (Å²) in [6.45, 7) is 0. The first-order chi connectivity index (χ1) is 11.5. The molecule has 24 heavy (non-hydrogen) atoms. The molecule has 7 heteroatoms. The Bertz CT molecular complexity index is 993. The van der Waals surface area contributed by atoms with Crippen LogP contribution in [0.3, 0.4) is 0 Å². The number of H-pyrrole nitrogens is 1. The molecule has 0 aliphatic rings. The van der Waals surface area contributed by atoms with Crippen molar-refractivity contribution in [2.24, 2.45) is 0 Å². The molecule has 0 saturated heterocycles. The van der Waals surface area contributed by atoms with Crippen LogP contribution in [0.25, 0.3) is 22.2 Å². The van der Waals surface area contributed by atoms with E-state index in [1.165, 1.54) is 38.5 Å². The fourth-order valence-electron chi connectivity index (χ4n) is 2.49. The molecule has 0 radical (unpaired) electrons. The summed E-state index contributed by atoms with van der Waals surface area (Å²) in [6.07, 6.45) is 0. The van der Waals surface area contributed by atoms with Gasteiger partial charge in [-0.15, -0.1) is 0 Å². The minimum atomic E-state index is -0.590. The Labute approximate surface area is 136 Å². The summed E-state index contributed by atoms with van der Waals surface area (Å²) in [7, 11) is 2.92. The monoisotopic (exact) mass is 329 g/mol. The van der Waals surface area contributed by atoms with Gasteiger partial charge in [0.1, 0.15) is 0 Å². The lowest BCUT2D eigenvalue weighted by Crippen LogP contribution is -2.06. The van der Waals surface area contributed by atoms with E-state index in [0.717, 1.165) is 0 Å². The molecule has 1 aromatic heterocycles. The summed E-state index contributed by atoms with van der Waals surface area (Å²) in [5.41, 5.74) is 0.303. The second-order valence-corrected chi connectivity index (χ2v) is 5.13. The smallest absolute Gasteiger partial charge is 0.231 e. The largest absolute Gasteiger partial charge is 0.504 e. The number of methoxy groups -OCH3 is 2. The van der Waals surface area contributed by atoms with Crippen LogP contribution in [-0.4, -0.2) is 34.5 Å². The summed E-state index contributed by atoms with van der Waals surface area (Å²) < 4.78 is 10.4. The van der Waals surface area contributed by atoms with Crippen LogP contribution >= 0.6 is 0 Å². The number of phenols is 2. The van der Waals surface area contributed by atoms with Crippen molar-refractivity contribution in [2.75, 3.05) is 14.2 Å². The molecular formula is C17H15NO6. The van der Waals surface area contributed by atoms with Gasteiger partial charge in [0, 0.05) is 11.6 Å². The first-order valence-electron chi connectivity index (χ1n) is 6.99. The van der Waals surface area contributed by atoms with E-state index < -0.39 is 11.2 Å². The van der Waals surface area contributed by atoms with Crippen LogP contribution in [-0.2, 0) is 0 Å². The maximum absolute atomic E-state index is 12.5. The lowest BCUT2D eigenvalue weighted by Gasteiger charge is -2.12. The maximum atomic E-state index is 12.5. The average molecular weight is 329 g/mol. The highest BCUT2D eigenvalue weighted by Gasteiger charge is 2.16. The third-order valence-corrected chi connectivity index (χ3v) is 3.74. The van der Waals surface area contributed by atoms with Crippen molar-refractivity contribution in [1.82, 2.24) is 4.98 Å². The van der Waals surface area contributed by atoms with E-state index in [9.17, 15) is 20.1 Å². The van der Waals surface area contributed by atoms with Gasteiger partial charge in [0.25, 0.3) is 0 Å². The van der Waals surface area contributed by atoms with Gasteiger partial charge in [-0.1, -0.05) is 0 Å². The molecule has 1 heterocycles. The number of aromatic nitrogens is 1. The van der Waals surface area contributed by atoms with Gasteiger partial charge in [0.15, 0.2) is 28.7 Å². The van der Waals surface area contributed by atoms with E-state index in [1.54, 1.807) is 6.07 Å². The number of rotatable bonds is 3. The van der Waals surface area contributed by atoms with Crippen LogP contribution in [0.4, 0.5) is 0 Å². The van der Waals surface area contributed by atoms with E-state index in [1.807, 2.05) is 0 Å². The number of ether oxygens (including phenoxy) is 2. The number of fused-ring (bicyclic) bond motifs is 1. The van der Waals surface area contributed by atoms with Crippen molar-refractivity contribution in [3.63, 3.8) is 0 Å². The predicted octanol–water partition coefficient (Wildman–Crippen LogP) is 2.33. The van der Waals surface area contributed by atoms with Crippen LogP contribution < -0.4 is 14.9 Å². The SMILES string of the molecule is COc1cc2[nH]c(-c3ccc(O)c(O)c3)c(O)c(=O)c2cc1OC. The molecule has 0 unspecified atom stereocenters. The van der Waals surface area contributed by atoms with Crippen molar-refractivity contribution in [2.45, 2.75) is 0 Å². The summed E-state index contributed by atoms with van der Waals surface area (Å²) in [5.74, 6) is -0.372. The van der Waals surface area contributed by atoms with E-state index in [2.05, 4.69) is 4.98 Å². The highest BCUT2D eigenvalue weighted by molar-refractivity contribution is 5.87. The third kappa shape index (κ3) is 2.36. The number of nitrogens with one attached hydrogen (secondary N) is 1. The Hall–Kier alpha value is -3.35. The minimum Gasteiger partial charge on any atom is -0.504 e. The van der Waals surface area contributed by atoms with Crippen LogP contribution in [0.1, 0.15) is 0 Å². The van der Waals surface area contributed by atoms with Crippen molar-refractivity contribution >= 4 is 10.9 Å². The molecule has 0 spiro atoms. The summed E-state index contributed by atoms with van der Waals surface area (Å²) in [6, 6.07) is 7.03. The Morgan fingerprint density at radius 2 is 1.58 bits per heavy atom. The Balaban J connectivity index is 2.32. The zero-order chi connectivity index (χ0) is 17.4. The van der Waals surface area contributed by atoms with Gasteiger partial charge in [0.05, 0.1) is 30.8 Å². The lowest BCUT2D eigenvalue weighted by atomic mass is 10.1. The van der Waals surface area contributed by atoms with Crippen LogP contribution in [0.15, 0.2) is 35.1 Å². The van der Waals surface area contributed by atoms with Crippen molar-refractivity contribution in [3.05, 3.63) is 40.6 Å². The molecule has 3 aromatic rings. The van der Waals surface area contributed by atoms with E-state index in [4.69, 9.17) is 9.47 Å². The molecular weight excluding hydrogens is 314 g/mol. The van der Waals surface area contributed by atoms with Gasteiger partial charge in [-0.2, -0.15) is 0 Å². The van der Waals surface area contributed by atoms with Crippen molar-refractivity contribution < 1.29 is 24.8 Å². The number of hydrogen-bond acceptors (Lipinski definition) is 6. The van der Waals surface area contributed by atoms with Crippen molar-refractivity contribution in [1.29, 1.82) is 0 Å². The van der Waals surface area contributed by atoms with Crippen molar-refractivity contribution in [3.8, 4) is 40.0 Å². The van der Waals surface area contributed by atoms with Gasteiger partial charge in [-0.3, -0.25) is 4.79 Å². The zero-order valence-electron chi connectivity index (χ0n) is 13.0. The van der Waals surface area contributed by atoms with Crippen LogP contribution in [0, 0.1) is 0 Å². The normalized spacial score (nSPS) is 10.8. The predicted molar refractivity (Wildman–Crippen MR) is 88.1 cm³/mol. The van der Waals surface area contributed by atoms with Gasteiger partial charge in [-0.25, -0.2) is 0 Å². The Morgan fingerprint density at radius 1 is 0.917 bits per heavy atom. The summed E-state index contributed by atoms with van der Waals surface area (Å²) in [4.78, 5) is 15.4. The lowest BCUT2D eigenvalue weighted by molar-refractivity contribution is 0.355. The van der Waals surface area contributed by atoms with Gasteiger partial charge in [-0.05, 0) is 24.3 Å². The maximum Gasteiger partial charge on any atom is 0.231 e. The number of phenolic OH excluding ortho intramolecular Hbond substituents is 2. The van der Waals surface area contributed by atoms with E-state index >= 15 is 0 Å². The van der Waals surface area contributed by atoms with Crippen LogP contribution in [0.2, 0.25) is 0 Å². The average Bonchev–Trinajstić information content (AvgIpc) is 2.59. The van der Waals surface area contributed by atoms with Crippen LogP contribution in [0.5, 0.6) is 28.7 Å². The molecule has 0 saturated carbocycles. The molecule has 0 bridgehead atoms. The quantitative estimate of drug-likeness (QED) is 0.549. The number of pyridine rings is 1. The molecule has 0 aliphatic heterocycles. The molecule has 0 fully saturated rings. The fourth-order valence-corrected chi connectivity index (χ4v) is 2.49. The molecule has 0 atom stereocenters. The molecule has 4 N–H and O–H groups in total. The topological polar surface area (TPSA) is 112 Å². The molecule has 124 valence electrons. The summed E-state index contributed by atoms with van der Waals surface area (Å²) >= 11 is 0. The molecule has 2 aromatic carbocycles. The molecule has 7 nitrogen and oxygen atoms in total. The number of aromatic amines is 1. The standard InChI is InChI=1S/C17H15NO6/c1-23-13-6-9-10(7-14(13)24-2)18-15(17(22)16(9)21)8-3-4-11(19)12(20)5-8/h3-7,19-20,22H,1-2H3,(H,18,21). The molecule has 0 amide bonds. The van der Waals surface area contributed by atoms with Gasteiger partial charge in [0.2, 0.25) is 5.43 Å². The number of hydrogen-bond donors (Lipinski definition) is 4. The van der Waals surface area contributed by atoms with Gasteiger partial charge >= 0.3 is 0 Å². The highest BCUT2D eigenvalue weighted by atomic mass is 16.5. The van der Waals surface area contributed by atoms with E-state index in [0.29, 0.717) is 22.6 Å². The fraction of sp³-hybridized carbons (Fsp3) is 0.118. The highest BCUT2D eigenvalue weighted by Crippen LogP contribution is 2.35. The van der Waals surface area contributed by atoms with Gasteiger partial charge < -0.3 is 29.8 Å². The first kappa shape index (κ1) is 15.5. The Kier molecular flexibility index (Phi) is 3.69. The second kappa shape index (κ2) is 5.69. The minimum absolute atomic E-state index is 0.120. The third-order valence-electron chi connectivity index (χ3n) is 3.74. The second-order valence-electron chi connectivity index (χ2n) is 5.13. The number of aromatic hydroxyl groups is 3. The zero-order valence-corrected chi connectivity index (χ0v) is 13.0. The molecule has 3 rings (SSSR count). The molecule has 0 aliphatic carbocycles. The number of benzene rings is 2. The first-order valence-corrected chi connectivity index (χ1v) is 6.99. The Morgan fingerprint density at radius 3 is 2.21 bits per heavy atom. The summed E-state index contributed by atoms with van der Waals surface area (Å²) in [5, 5.41) is 29.5. The van der Waals surface area contributed by atoms with E-state index in [-0.39, 0.29) is 22.6 Å².